The van der Waals surface area contributed by atoms with Crippen molar-refractivity contribution in [1.29, 1.82) is 5.41 Å². The zero-order valence-electron chi connectivity index (χ0n) is 10.4. The molecule has 0 fully saturated rings. The van der Waals surface area contributed by atoms with Crippen LogP contribution in [-0.4, -0.2) is 25.6 Å². The van der Waals surface area contributed by atoms with Gasteiger partial charge in [0.15, 0.2) is 9.84 Å². The van der Waals surface area contributed by atoms with E-state index in [-0.39, 0.29) is 4.90 Å². The van der Waals surface area contributed by atoms with Crippen molar-refractivity contribution >= 4 is 27.3 Å². The summed E-state index contributed by atoms with van der Waals surface area (Å²) in [6.45, 7) is 5.81. The Morgan fingerprint density at radius 3 is 2.35 bits per heavy atom. The fourth-order valence-corrected chi connectivity index (χ4v) is 3.03. The molecular weight excluding hydrogens is 254 g/mol. The lowest BCUT2D eigenvalue weighted by Gasteiger charge is -2.11. The van der Waals surface area contributed by atoms with Crippen molar-refractivity contribution in [2.45, 2.75) is 35.8 Å². The summed E-state index contributed by atoms with van der Waals surface area (Å²) in [6, 6.07) is 4.98. The molecule has 0 aromatic heterocycles. The van der Waals surface area contributed by atoms with E-state index >= 15 is 0 Å². The summed E-state index contributed by atoms with van der Waals surface area (Å²) in [6.07, 6.45) is 1.18. The molecule has 0 saturated heterocycles. The van der Waals surface area contributed by atoms with Crippen molar-refractivity contribution < 1.29 is 8.42 Å². The van der Waals surface area contributed by atoms with Crippen LogP contribution in [0.1, 0.15) is 26.3 Å². The van der Waals surface area contributed by atoms with Crippen molar-refractivity contribution in [2.24, 2.45) is 0 Å². The quantitative estimate of drug-likeness (QED) is 0.676. The van der Waals surface area contributed by atoms with Crippen molar-refractivity contribution in [2.75, 3.05) is 6.26 Å². The summed E-state index contributed by atoms with van der Waals surface area (Å²) in [5.41, 5.74) is 1.09. The normalized spacial score (nSPS) is 11.8. The van der Waals surface area contributed by atoms with Gasteiger partial charge in [0, 0.05) is 27.7 Å². The van der Waals surface area contributed by atoms with E-state index in [9.17, 15) is 8.42 Å². The second-order valence-corrected chi connectivity index (χ2v) is 7.86. The molecule has 0 bridgehead atoms. The first-order valence-electron chi connectivity index (χ1n) is 5.28. The molecule has 0 saturated carbocycles. The van der Waals surface area contributed by atoms with Crippen LogP contribution >= 0.6 is 11.8 Å². The third kappa shape index (κ3) is 3.85. The van der Waals surface area contributed by atoms with E-state index in [0.717, 1.165) is 4.90 Å². The SMILES string of the molecule is CC(=N)c1cc(S(C)(=O)=O)ccc1SC(C)C. The molecule has 1 N–H and O–H groups in total. The second-order valence-electron chi connectivity index (χ2n) is 4.22. The molecule has 0 aliphatic heterocycles. The molecule has 0 aliphatic rings. The van der Waals surface area contributed by atoms with Gasteiger partial charge in [-0.1, -0.05) is 13.8 Å². The van der Waals surface area contributed by atoms with Crippen LogP contribution in [0.25, 0.3) is 0 Å². The summed E-state index contributed by atoms with van der Waals surface area (Å²) in [4.78, 5) is 1.23. The smallest absolute Gasteiger partial charge is 0.175 e. The Morgan fingerprint density at radius 1 is 1.35 bits per heavy atom. The predicted molar refractivity (Wildman–Crippen MR) is 73.0 cm³/mol. The number of hydrogen-bond acceptors (Lipinski definition) is 4. The summed E-state index contributed by atoms with van der Waals surface area (Å²) in [5.74, 6) is 0. The Balaban J connectivity index is 3.32. The maximum Gasteiger partial charge on any atom is 0.175 e. The van der Waals surface area contributed by atoms with Crippen molar-refractivity contribution in [3.8, 4) is 0 Å². The van der Waals surface area contributed by atoms with Gasteiger partial charge in [0.2, 0.25) is 0 Å². The highest BCUT2D eigenvalue weighted by Crippen LogP contribution is 2.28. The monoisotopic (exact) mass is 271 g/mol. The molecule has 0 amide bonds. The van der Waals surface area contributed by atoms with Gasteiger partial charge >= 0.3 is 0 Å². The van der Waals surface area contributed by atoms with Crippen LogP contribution < -0.4 is 0 Å². The summed E-state index contributed by atoms with van der Waals surface area (Å²) < 4.78 is 22.9. The molecule has 0 heterocycles. The van der Waals surface area contributed by atoms with Gasteiger partial charge in [0.1, 0.15) is 0 Å². The minimum atomic E-state index is -3.21. The lowest BCUT2D eigenvalue weighted by Crippen LogP contribution is -2.03. The minimum absolute atomic E-state index is 0.271. The summed E-state index contributed by atoms with van der Waals surface area (Å²) in [7, 11) is -3.21. The maximum absolute atomic E-state index is 11.5. The van der Waals surface area contributed by atoms with Crippen molar-refractivity contribution in [3.05, 3.63) is 23.8 Å². The highest BCUT2D eigenvalue weighted by Gasteiger charge is 2.13. The summed E-state index contributed by atoms with van der Waals surface area (Å²) >= 11 is 1.64. The maximum atomic E-state index is 11.5. The molecule has 0 unspecified atom stereocenters. The van der Waals surface area contributed by atoms with E-state index in [0.29, 0.717) is 16.5 Å². The topological polar surface area (TPSA) is 58.0 Å². The Bertz CT molecular complexity index is 533. The lowest BCUT2D eigenvalue weighted by atomic mass is 10.1. The van der Waals surface area contributed by atoms with E-state index in [1.807, 2.05) is 0 Å². The molecule has 1 aromatic carbocycles. The van der Waals surface area contributed by atoms with Gasteiger partial charge in [0.05, 0.1) is 4.90 Å². The first-order valence-corrected chi connectivity index (χ1v) is 8.05. The lowest BCUT2D eigenvalue weighted by molar-refractivity contribution is 0.602. The van der Waals surface area contributed by atoms with E-state index in [2.05, 4.69) is 13.8 Å². The van der Waals surface area contributed by atoms with E-state index in [1.165, 1.54) is 6.26 Å². The second kappa shape index (κ2) is 5.23. The first kappa shape index (κ1) is 14.3. The van der Waals surface area contributed by atoms with Gasteiger partial charge in [-0.3, -0.25) is 0 Å². The fraction of sp³-hybridized carbons (Fsp3) is 0.417. The van der Waals surface area contributed by atoms with Gasteiger partial charge in [-0.2, -0.15) is 0 Å². The van der Waals surface area contributed by atoms with Crippen molar-refractivity contribution in [1.82, 2.24) is 0 Å². The first-order chi connectivity index (χ1) is 7.71. The van der Waals surface area contributed by atoms with Gasteiger partial charge < -0.3 is 5.41 Å². The Kier molecular flexibility index (Phi) is 4.38. The molecule has 94 valence electrons. The van der Waals surface area contributed by atoms with Crippen LogP contribution in [0.5, 0.6) is 0 Å². The standard InChI is InChI=1S/C12H17NO2S2/c1-8(2)16-12-6-5-10(17(4,14)15)7-11(12)9(3)13/h5-8,13H,1-4H3. The number of benzene rings is 1. The van der Waals surface area contributed by atoms with Gasteiger partial charge in [0.25, 0.3) is 0 Å². The number of nitrogens with one attached hydrogen (secondary N) is 1. The Hall–Kier alpha value is -0.810. The molecule has 0 radical (unpaired) electrons. The molecule has 1 aromatic rings. The number of rotatable bonds is 4. The average Bonchev–Trinajstić information content (AvgIpc) is 2.15. The molecule has 0 aliphatic carbocycles. The zero-order valence-corrected chi connectivity index (χ0v) is 12.1. The van der Waals surface area contributed by atoms with Gasteiger partial charge in [-0.15, -0.1) is 11.8 Å². The highest BCUT2D eigenvalue weighted by molar-refractivity contribution is 8.00. The van der Waals surface area contributed by atoms with Crippen LogP contribution in [0.3, 0.4) is 0 Å². The van der Waals surface area contributed by atoms with E-state index in [1.54, 1.807) is 36.9 Å². The van der Waals surface area contributed by atoms with Crippen LogP contribution in [0.4, 0.5) is 0 Å². The highest BCUT2D eigenvalue weighted by atomic mass is 32.2. The number of hydrogen-bond donors (Lipinski definition) is 1. The molecule has 0 atom stereocenters. The predicted octanol–water partition coefficient (Wildman–Crippen LogP) is 2.98. The molecule has 17 heavy (non-hydrogen) atoms. The Morgan fingerprint density at radius 2 is 1.94 bits per heavy atom. The average molecular weight is 271 g/mol. The minimum Gasteiger partial charge on any atom is -0.305 e. The largest absolute Gasteiger partial charge is 0.305 e. The number of thioether (sulfide) groups is 1. The molecule has 0 spiro atoms. The summed E-state index contributed by atoms with van der Waals surface area (Å²) in [5, 5.41) is 8.11. The van der Waals surface area contributed by atoms with Crippen LogP contribution in [-0.2, 0) is 9.84 Å². The van der Waals surface area contributed by atoms with Crippen LogP contribution in [0.15, 0.2) is 28.0 Å². The van der Waals surface area contributed by atoms with Crippen molar-refractivity contribution in [3.63, 3.8) is 0 Å². The van der Waals surface area contributed by atoms with E-state index in [4.69, 9.17) is 5.41 Å². The van der Waals surface area contributed by atoms with E-state index < -0.39 is 9.84 Å². The third-order valence-corrected chi connectivity index (χ3v) is 4.34. The van der Waals surface area contributed by atoms with Gasteiger partial charge in [-0.05, 0) is 25.1 Å². The molecule has 1 rings (SSSR count). The molecule has 3 nitrogen and oxygen atoms in total. The van der Waals surface area contributed by atoms with Crippen LogP contribution in [0, 0.1) is 5.41 Å². The number of sulfone groups is 1. The Labute approximate surface area is 107 Å². The van der Waals surface area contributed by atoms with Gasteiger partial charge in [-0.25, -0.2) is 8.42 Å². The zero-order chi connectivity index (χ0) is 13.2. The molecular formula is C12H17NO2S2. The fourth-order valence-electron chi connectivity index (χ4n) is 1.39. The third-order valence-electron chi connectivity index (χ3n) is 2.15. The molecule has 5 heteroatoms. The van der Waals surface area contributed by atoms with Crippen LogP contribution in [0.2, 0.25) is 0 Å².